The number of carbonyl (C=O) groups excluding carboxylic acids is 1. The van der Waals surface area contributed by atoms with Gasteiger partial charge in [-0.05, 0) is 24.3 Å². The fourth-order valence-electron chi connectivity index (χ4n) is 1.56. The highest BCUT2D eigenvalue weighted by molar-refractivity contribution is 7.88. The van der Waals surface area contributed by atoms with Gasteiger partial charge in [-0.2, -0.15) is 17.5 Å². The third kappa shape index (κ3) is 5.49. The van der Waals surface area contributed by atoms with E-state index < -0.39 is 34.2 Å². The minimum atomic E-state index is -4.46. The van der Waals surface area contributed by atoms with Crippen molar-refractivity contribution in [1.82, 2.24) is 4.31 Å². The molecule has 0 aromatic heterocycles. The molecule has 1 aromatic carbocycles. The smallest absolute Gasteiger partial charge is 0.325 e. The van der Waals surface area contributed by atoms with Crippen molar-refractivity contribution in [2.75, 3.05) is 24.7 Å². The van der Waals surface area contributed by atoms with Crippen molar-refractivity contribution >= 4 is 21.6 Å². The van der Waals surface area contributed by atoms with Gasteiger partial charge < -0.3 is 5.32 Å². The summed E-state index contributed by atoms with van der Waals surface area (Å²) in [6.45, 7) is 2.90. The van der Waals surface area contributed by atoms with Crippen LogP contribution in [-0.4, -0.2) is 38.0 Å². The Morgan fingerprint density at radius 2 is 1.86 bits per heavy atom. The minimum Gasteiger partial charge on any atom is -0.325 e. The van der Waals surface area contributed by atoms with E-state index in [1.165, 1.54) is 6.08 Å². The van der Waals surface area contributed by atoms with Gasteiger partial charge in [0.2, 0.25) is 15.9 Å². The molecular weight excluding hydrogens is 321 g/mol. The molecule has 1 aromatic rings. The maximum Gasteiger partial charge on any atom is 0.416 e. The van der Waals surface area contributed by atoms with E-state index in [4.69, 9.17) is 0 Å². The van der Waals surface area contributed by atoms with Crippen molar-refractivity contribution in [3.63, 3.8) is 0 Å². The number of nitrogens with zero attached hydrogens (tertiary/aromatic N) is 1. The van der Waals surface area contributed by atoms with E-state index in [9.17, 15) is 26.4 Å². The van der Waals surface area contributed by atoms with Gasteiger partial charge in [0, 0.05) is 12.2 Å². The molecule has 0 radical (unpaired) electrons. The molecule has 0 atom stereocenters. The molecule has 0 saturated heterocycles. The van der Waals surface area contributed by atoms with Crippen molar-refractivity contribution < 1.29 is 26.4 Å². The van der Waals surface area contributed by atoms with Gasteiger partial charge in [0.05, 0.1) is 18.4 Å². The first-order valence-electron chi connectivity index (χ1n) is 6.07. The second-order valence-electron chi connectivity index (χ2n) is 4.47. The summed E-state index contributed by atoms with van der Waals surface area (Å²) in [6, 6.07) is 3.85. The van der Waals surface area contributed by atoms with Crippen molar-refractivity contribution in [3.8, 4) is 0 Å². The van der Waals surface area contributed by atoms with E-state index in [-0.39, 0.29) is 12.2 Å². The number of anilines is 1. The largest absolute Gasteiger partial charge is 0.416 e. The van der Waals surface area contributed by atoms with Crippen LogP contribution in [0.1, 0.15) is 5.56 Å². The highest BCUT2D eigenvalue weighted by Crippen LogP contribution is 2.29. The average molecular weight is 336 g/mol. The molecule has 0 heterocycles. The number of carbonyl (C=O) groups is 1. The molecule has 0 fully saturated rings. The summed E-state index contributed by atoms with van der Waals surface area (Å²) in [6.07, 6.45) is -2.19. The van der Waals surface area contributed by atoms with Crippen LogP contribution in [0.15, 0.2) is 36.9 Å². The SMILES string of the molecule is C=CCN(CC(=O)Nc1ccc(C(F)(F)F)cc1)S(C)(=O)=O. The Morgan fingerprint density at radius 3 is 2.27 bits per heavy atom. The molecule has 0 unspecified atom stereocenters. The van der Waals surface area contributed by atoms with Gasteiger partial charge in [-0.15, -0.1) is 6.58 Å². The number of amides is 1. The van der Waals surface area contributed by atoms with Gasteiger partial charge in [0.15, 0.2) is 0 Å². The summed E-state index contributed by atoms with van der Waals surface area (Å²) >= 11 is 0. The Hall–Kier alpha value is -1.87. The van der Waals surface area contributed by atoms with Crippen molar-refractivity contribution in [2.45, 2.75) is 6.18 Å². The van der Waals surface area contributed by atoms with E-state index >= 15 is 0 Å². The average Bonchev–Trinajstić information content (AvgIpc) is 2.36. The zero-order chi connectivity index (χ0) is 17.0. The van der Waals surface area contributed by atoms with Crippen molar-refractivity contribution in [3.05, 3.63) is 42.5 Å². The molecule has 0 bridgehead atoms. The maximum absolute atomic E-state index is 12.4. The molecule has 5 nitrogen and oxygen atoms in total. The van der Waals surface area contributed by atoms with Gasteiger partial charge in [0.25, 0.3) is 0 Å². The lowest BCUT2D eigenvalue weighted by Crippen LogP contribution is -2.37. The second kappa shape index (κ2) is 6.93. The van der Waals surface area contributed by atoms with E-state index in [0.717, 1.165) is 34.8 Å². The molecule has 1 amide bonds. The Kier molecular flexibility index (Phi) is 5.72. The zero-order valence-electron chi connectivity index (χ0n) is 11.7. The fourth-order valence-corrected chi connectivity index (χ4v) is 2.29. The first kappa shape index (κ1) is 18.2. The molecule has 122 valence electrons. The lowest BCUT2D eigenvalue weighted by molar-refractivity contribution is -0.137. The van der Waals surface area contributed by atoms with Crippen LogP contribution in [0, 0.1) is 0 Å². The third-order valence-electron chi connectivity index (χ3n) is 2.62. The maximum atomic E-state index is 12.4. The van der Waals surface area contributed by atoms with E-state index in [2.05, 4.69) is 11.9 Å². The van der Waals surface area contributed by atoms with Crippen LogP contribution >= 0.6 is 0 Å². The highest BCUT2D eigenvalue weighted by Gasteiger charge is 2.30. The third-order valence-corrected chi connectivity index (χ3v) is 3.83. The van der Waals surface area contributed by atoms with E-state index in [1.54, 1.807) is 0 Å². The number of halogens is 3. The molecule has 0 spiro atoms. The van der Waals surface area contributed by atoms with Crippen LogP contribution in [0.2, 0.25) is 0 Å². The monoisotopic (exact) mass is 336 g/mol. The summed E-state index contributed by atoms with van der Waals surface area (Å²) < 4.78 is 61.0. The molecule has 1 rings (SSSR count). The molecule has 0 saturated carbocycles. The number of hydrogen-bond acceptors (Lipinski definition) is 3. The first-order valence-corrected chi connectivity index (χ1v) is 7.92. The number of benzene rings is 1. The predicted molar refractivity (Wildman–Crippen MR) is 76.7 cm³/mol. The summed E-state index contributed by atoms with van der Waals surface area (Å²) in [5, 5.41) is 2.33. The molecular formula is C13H15F3N2O3S. The quantitative estimate of drug-likeness (QED) is 0.809. The standard InChI is InChI=1S/C13H15F3N2O3S/c1-3-8-18(22(2,20)21)9-12(19)17-11-6-4-10(5-7-11)13(14,15)16/h3-7H,1,8-9H2,2H3,(H,17,19). The first-order chi connectivity index (χ1) is 10.0. The van der Waals surface area contributed by atoms with E-state index in [1.807, 2.05) is 0 Å². The lowest BCUT2D eigenvalue weighted by Gasteiger charge is -2.17. The summed E-state index contributed by atoms with van der Waals surface area (Å²) in [5.74, 6) is -0.660. The number of sulfonamides is 1. The fraction of sp³-hybridized carbons (Fsp3) is 0.308. The molecule has 1 N–H and O–H groups in total. The van der Waals surface area contributed by atoms with E-state index in [0.29, 0.717) is 0 Å². The number of alkyl halides is 3. The number of hydrogen-bond donors (Lipinski definition) is 1. The van der Waals surface area contributed by atoms with Crippen LogP contribution in [0.4, 0.5) is 18.9 Å². The Bertz CT molecular complexity index is 639. The van der Waals surface area contributed by atoms with Gasteiger partial charge >= 0.3 is 6.18 Å². The topological polar surface area (TPSA) is 66.5 Å². The molecule has 0 aliphatic rings. The Morgan fingerprint density at radius 1 is 1.32 bits per heavy atom. The van der Waals surface area contributed by atoms with Crippen molar-refractivity contribution in [1.29, 1.82) is 0 Å². The Balaban J connectivity index is 2.74. The van der Waals surface area contributed by atoms with Gasteiger partial charge in [-0.1, -0.05) is 6.08 Å². The second-order valence-corrected chi connectivity index (χ2v) is 6.45. The normalized spacial score (nSPS) is 12.2. The number of nitrogens with one attached hydrogen (secondary N) is 1. The van der Waals surface area contributed by atoms with Crippen LogP contribution in [0.5, 0.6) is 0 Å². The minimum absolute atomic E-state index is 0.0424. The van der Waals surface area contributed by atoms with Crippen molar-refractivity contribution in [2.24, 2.45) is 0 Å². The van der Waals surface area contributed by atoms with Crippen LogP contribution in [-0.2, 0) is 21.0 Å². The van der Waals surface area contributed by atoms with Crippen LogP contribution < -0.4 is 5.32 Å². The zero-order valence-corrected chi connectivity index (χ0v) is 12.5. The van der Waals surface area contributed by atoms with Gasteiger partial charge in [-0.3, -0.25) is 4.79 Å². The molecule has 0 aliphatic carbocycles. The summed E-state index contributed by atoms with van der Waals surface area (Å²) in [5.41, 5.74) is -0.694. The molecule has 9 heteroatoms. The number of rotatable bonds is 6. The lowest BCUT2D eigenvalue weighted by atomic mass is 10.2. The molecule has 0 aliphatic heterocycles. The highest BCUT2D eigenvalue weighted by atomic mass is 32.2. The predicted octanol–water partition coefficient (Wildman–Crippen LogP) is 2.09. The van der Waals surface area contributed by atoms with Gasteiger partial charge in [0.1, 0.15) is 0 Å². The summed E-state index contributed by atoms with van der Waals surface area (Å²) in [7, 11) is -3.59. The van der Waals surface area contributed by atoms with Crippen LogP contribution in [0.25, 0.3) is 0 Å². The summed E-state index contributed by atoms with van der Waals surface area (Å²) in [4.78, 5) is 11.8. The van der Waals surface area contributed by atoms with Crippen LogP contribution in [0.3, 0.4) is 0 Å². The van der Waals surface area contributed by atoms with Gasteiger partial charge in [-0.25, -0.2) is 8.42 Å². The Labute approximate surface area is 126 Å². The molecule has 22 heavy (non-hydrogen) atoms.